The maximum Gasteiger partial charge on any atom is 0.416 e. The molecule has 19 heavy (non-hydrogen) atoms. The summed E-state index contributed by atoms with van der Waals surface area (Å²) in [5.74, 6) is -0.917. The number of benzene rings is 1. The van der Waals surface area contributed by atoms with Crippen molar-refractivity contribution in [1.82, 2.24) is 5.32 Å². The van der Waals surface area contributed by atoms with Crippen molar-refractivity contribution in [3.63, 3.8) is 0 Å². The van der Waals surface area contributed by atoms with Gasteiger partial charge in [0.15, 0.2) is 0 Å². The maximum atomic E-state index is 12.9. The molecule has 108 valence electrons. The van der Waals surface area contributed by atoms with Crippen LogP contribution < -0.4 is 5.32 Å². The Bertz CT molecular complexity index is 462. The Hall–Kier alpha value is -0.950. The van der Waals surface area contributed by atoms with E-state index in [4.69, 9.17) is 0 Å². The lowest BCUT2D eigenvalue weighted by Crippen LogP contribution is -2.28. The first-order chi connectivity index (χ1) is 8.71. The average molecular weight is 297 g/mol. The van der Waals surface area contributed by atoms with Gasteiger partial charge in [0.2, 0.25) is 0 Å². The van der Waals surface area contributed by atoms with Crippen molar-refractivity contribution in [2.75, 3.05) is 12.8 Å². The van der Waals surface area contributed by atoms with E-state index in [1.165, 1.54) is 6.26 Å². The molecule has 0 aliphatic carbocycles. The first-order valence-electron chi connectivity index (χ1n) is 5.60. The number of alkyl halides is 3. The van der Waals surface area contributed by atoms with Crippen LogP contribution in [0.5, 0.6) is 0 Å². The molecule has 0 heterocycles. The molecule has 2 atom stereocenters. The van der Waals surface area contributed by atoms with Gasteiger partial charge in [-0.05, 0) is 24.6 Å². The minimum absolute atomic E-state index is 0.0250. The normalized spacial score (nSPS) is 15.3. The highest BCUT2D eigenvalue weighted by atomic mass is 32.2. The minimum atomic E-state index is -4.59. The second-order valence-corrected chi connectivity index (χ2v) is 6.04. The SMILES string of the molecule is CC(CNCc1ccc(F)cc1C(F)(F)F)S(C)=O. The van der Waals surface area contributed by atoms with Crippen molar-refractivity contribution in [1.29, 1.82) is 0 Å². The fourth-order valence-corrected chi connectivity index (χ4v) is 1.85. The van der Waals surface area contributed by atoms with Gasteiger partial charge in [-0.3, -0.25) is 4.21 Å². The fraction of sp³-hybridized carbons (Fsp3) is 0.500. The summed E-state index contributed by atoms with van der Waals surface area (Å²) in [6.45, 7) is 2.02. The molecular weight excluding hydrogens is 282 g/mol. The van der Waals surface area contributed by atoms with Crippen molar-refractivity contribution in [3.8, 4) is 0 Å². The van der Waals surface area contributed by atoms with Crippen LogP contribution in [0, 0.1) is 5.82 Å². The summed E-state index contributed by atoms with van der Waals surface area (Å²) in [5.41, 5.74) is -1.01. The molecule has 2 unspecified atom stereocenters. The maximum absolute atomic E-state index is 12.9. The topological polar surface area (TPSA) is 29.1 Å². The summed E-state index contributed by atoms with van der Waals surface area (Å²) in [7, 11) is -1.04. The third-order valence-corrected chi connectivity index (χ3v) is 3.99. The minimum Gasteiger partial charge on any atom is -0.311 e. The van der Waals surface area contributed by atoms with Crippen LogP contribution in [0.25, 0.3) is 0 Å². The smallest absolute Gasteiger partial charge is 0.311 e. The zero-order valence-corrected chi connectivity index (χ0v) is 11.4. The summed E-state index contributed by atoms with van der Waals surface area (Å²) >= 11 is 0. The Kier molecular flexibility index (Phi) is 5.49. The van der Waals surface area contributed by atoms with Crippen molar-refractivity contribution in [2.45, 2.75) is 24.9 Å². The predicted octanol–water partition coefficient (Wildman–Crippen LogP) is 2.70. The summed E-state index contributed by atoms with van der Waals surface area (Å²) in [5, 5.41) is 2.64. The molecular formula is C12H15F4NOS. The lowest BCUT2D eigenvalue weighted by atomic mass is 10.1. The number of hydrogen-bond acceptors (Lipinski definition) is 2. The standard InChI is InChI=1S/C12H15F4NOS/c1-8(19(2)18)6-17-7-9-3-4-10(13)5-11(9)12(14,15)16/h3-5,8,17H,6-7H2,1-2H3. The van der Waals surface area contributed by atoms with E-state index in [1.54, 1.807) is 6.92 Å². The van der Waals surface area contributed by atoms with Crippen LogP contribution in [0.15, 0.2) is 18.2 Å². The van der Waals surface area contributed by atoms with Gasteiger partial charge >= 0.3 is 6.18 Å². The Labute approximate surface area is 111 Å². The van der Waals surface area contributed by atoms with E-state index in [0.29, 0.717) is 12.6 Å². The Morgan fingerprint density at radius 3 is 2.53 bits per heavy atom. The molecule has 0 aliphatic heterocycles. The summed E-state index contributed by atoms with van der Waals surface area (Å²) < 4.78 is 62.1. The van der Waals surface area contributed by atoms with Gasteiger partial charge in [-0.2, -0.15) is 13.2 Å². The van der Waals surface area contributed by atoms with Crippen LogP contribution in [0.3, 0.4) is 0 Å². The highest BCUT2D eigenvalue weighted by Crippen LogP contribution is 2.32. The first kappa shape index (κ1) is 16.1. The van der Waals surface area contributed by atoms with Crippen molar-refractivity contribution < 1.29 is 21.8 Å². The van der Waals surface area contributed by atoms with Crippen LogP contribution in [0.4, 0.5) is 17.6 Å². The molecule has 0 fully saturated rings. The predicted molar refractivity (Wildman–Crippen MR) is 66.6 cm³/mol. The van der Waals surface area contributed by atoms with E-state index in [0.717, 1.165) is 12.1 Å². The molecule has 0 aliphatic rings. The van der Waals surface area contributed by atoms with Crippen LogP contribution in [0.1, 0.15) is 18.1 Å². The van der Waals surface area contributed by atoms with Gasteiger partial charge in [-0.15, -0.1) is 0 Å². The molecule has 1 aromatic rings. The first-order valence-corrected chi connectivity index (χ1v) is 7.22. The van der Waals surface area contributed by atoms with Crippen molar-refractivity contribution >= 4 is 10.8 Å². The number of nitrogens with one attached hydrogen (secondary N) is 1. The van der Waals surface area contributed by atoms with E-state index in [-0.39, 0.29) is 17.4 Å². The van der Waals surface area contributed by atoms with Crippen LogP contribution in [-0.2, 0) is 23.5 Å². The molecule has 1 N–H and O–H groups in total. The highest BCUT2D eigenvalue weighted by molar-refractivity contribution is 7.84. The molecule has 1 rings (SSSR count). The molecule has 0 radical (unpaired) electrons. The van der Waals surface area contributed by atoms with Crippen LogP contribution in [-0.4, -0.2) is 22.3 Å². The van der Waals surface area contributed by atoms with Crippen LogP contribution >= 0.6 is 0 Å². The third kappa shape index (κ3) is 4.91. The summed E-state index contributed by atoms with van der Waals surface area (Å²) in [6, 6.07) is 2.59. The molecule has 0 spiro atoms. The number of rotatable bonds is 5. The second kappa shape index (κ2) is 6.47. The molecule has 7 heteroatoms. The Balaban J connectivity index is 2.76. The van der Waals surface area contributed by atoms with Gasteiger partial charge in [0, 0.05) is 35.4 Å². The van der Waals surface area contributed by atoms with Crippen LogP contribution in [0.2, 0.25) is 0 Å². The second-order valence-electron chi connectivity index (χ2n) is 4.24. The van der Waals surface area contributed by atoms with Gasteiger partial charge in [0.25, 0.3) is 0 Å². The molecule has 0 saturated carbocycles. The largest absolute Gasteiger partial charge is 0.416 e. The van der Waals surface area contributed by atoms with Gasteiger partial charge in [0.05, 0.1) is 5.56 Å². The average Bonchev–Trinajstić information content (AvgIpc) is 2.29. The summed E-state index contributed by atoms with van der Waals surface area (Å²) in [6.07, 6.45) is -3.05. The van der Waals surface area contributed by atoms with Gasteiger partial charge in [-0.25, -0.2) is 4.39 Å². The van der Waals surface area contributed by atoms with Gasteiger partial charge in [0.1, 0.15) is 5.82 Å². The zero-order chi connectivity index (χ0) is 14.6. The van der Waals surface area contributed by atoms with E-state index in [9.17, 15) is 21.8 Å². The fourth-order valence-electron chi connectivity index (χ4n) is 1.49. The lowest BCUT2D eigenvalue weighted by molar-refractivity contribution is -0.138. The van der Waals surface area contributed by atoms with E-state index >= 15 is 0 Å². The Morgan fingerprint density at radius 2 is 2.00 bits per heavy atom. The molecule has 1 aromatic carbocycles. The lowest BCUT2D eigenvalue weighted by Gasteiger charge is -2.15. The molecule has 2 nitrogen and oxygen atoms in total. The molecule has 0 aromatic heterocycles. The van der Waals surface area contributed by atoms with Gasteiger partial charge < -0.3 is 5.32 Å². The van der Waals surface area contributed by atoms with Crippen molar-refractivity contribution in [2.24, 2.45) is 0 Å². The molecule has 0 amide bonds. The number of hydrogen-bond donors (Lipinski definition) is 1. The molecule has 0 saturated heterocycles. The van der Waals surface area contributed by atoms with E-state index in [1.807, 2.05) is 0 Å². The van der Waals surface area contributed by atoms with Crippen molar-refractivity contribution in [3.05, 3.63) is 35.1 Å². The van der Waals surface area contributed by atoms with E-state index in [2.05, 4.69) is 5.32 Å². The monoisotopic (exact) mass is 297 g/mol. The highest BCUT2D eigenvalue weighted by Gasteiger charge is 2.33. The third-order valence-electron chi connectivity index (χ3n) is 2.69. The quantitative estimate of drug-likeness (QED) is 0.847. The Morgan fingerprint density at radius 1 is 1.37 bits per heavy atom. The van der Waals surface area contributed by atoms with Gasteiger partial charge in [-0.1, -0.05) is 6.07 Å². The molecule has 0 bridgehead atoms. The summed E-state index contributed by atoms with van der Waals surface area (Å²) in [4.78, 5) is 0. The zero-order valence-electron chi connectivity index (χ0n) is 10.6. The van der Waals surface area contributed by atoms with E-state index < -0.39 is 28.4 Å². The number of halogens is 4.